The second-order valence-electron chi connectivity index (χ2n) is 5.98. The molecule has 0 spiro atoms. The summed E-state index contributed by atoms with van der Waals surface area (Å²) in [5, 5.41) is 4.03. The van der Waals surface area contributed by atoms with E-state index in [1.54, 1.807) is 0 Å². The summed E-state index contributed by atoms with van der Waals surface area (Å²) in [6.45, 7) is 2.77. The van der Waals surface area contributed by atoms with Gasteiger partial charge in [-0.15, -0.1) is 4.21 Å². The first-order chi connectivity index (χ1) is 11.5. The van der Waals surface area contributed by atoms with Crippen molar-refractivity contribution in [2.45, 2.75) is 6.92 Å². The number of fused-ring (bicyclic) bond motifs is 1. The van der Waals surface area contributed by atoms with E-state index in [-0.39, 0.29) is 11.5 Å². The van der Waals surface area contributed by atoms with Gasteiger partial charge in [0.15, 0.2) is 0 Å². The second-order valence-corrected chi connectivity index (χ2v) is 8.28. The highest BCUT2D eigenvalue weighted by atomic mass is 32.3. The van der Waals surface area contributed by atoms with Crippen LogP contribution in [0.15, 0.2) is 40.9 Å². The van der Waals surface area contributed by atoms with Gasteiger partial charge in [0.1, 0.15) is 22.7 Å². The monoisotopic (exact) mass is 343 g/mol. The van der Waals surface area contributed by atoms with E-state index in [1.807, 2.05) is 48.2 Å². The lowest BCUT2D eigenvalue weighted by molar-refractivity contribution is 0.449. The van der Waals surface area contributed by atoms with Gasteiger partial charge in [-0.3, -0.25) is 0 Å². The lowest BCUT2D eigenvalue weighted by Gasteiger charge is -2.31. The number of hydrogen-bond acceptors (Lipinski definition) is 6. The Morgan fingerprint density at radius 2 is 1.92 bits per heavy atom. The van der Waals surface area contributed by atoms with E-state index < -0.39 is 10.2 Å². The lowest BCUT2D eigenvalue weighted by atomic mass is 10.1. The van der Waals surface area contributed by atoms with Crippen molar-refractivity contribution in [3.8, 4) is 11.3 Å². The van der Waals surface area contributed by atoms with Crippen LogP contribution in [0.5, 0.6) is 0 Å². The zero-order chi connectivity index (χ0) is 16.7. The third-order valence-corrected chi connectivity index (χ3v) is 5.93. The Morgan fingerprint density at radius 1 is 1.21 bits per heavy atom. The molecule has 3 aromatic rings. The highest BCUT2D eigenvalue weighted by Crippen LogP contribution is 2.33. The lowest BCUT2D eigenvalue weighted by Crippen LogP contribution is -2.43. The molecule has 0 saturated carbocycles. The summed E-state index contributed by atoms with van der Waals surface area (Å²) < 4.78 is 28.9. The summed E-state index contributed by atoms with van der Waals surface area (Å²) in [5.74, 6) is 0.315. The first-order valence-corrected chi connectivity index (χ1v) is 9.63. The Hall–Kier alpha value is -2.25. The molecule has 1 aliphatic rings. The van der Waals surface area contributed by atoms with Gasteiger partial charge in [-0.25, -0.2) is 4.98 Å². The van der Waals surface area contributed by atoms with E-state index in [0.29, 0.717) is 18.7 Å². The maximum atomic E-state index is 11.7. The molecule has 2 aromatic heterocycles. The molecule has 1 fully saturated rings. The molecule has 0 radical (unpaired) electrons. The van der Waals surface area contributed by atoms with Gasteiger partial charge in [0.2, 0.25) is 5.58 Å². The predicted octanol–water partition coefficient (Wildman–Crippen LogP) is 2.65. The summed E-state index contributed by atoms with van der Waals surface area (Å²) in [5.41, 5.74) is 4.76. The van der Waals surface area contributed by atoms with Crippen molar-refractivity contribution in [1.29, 1.82) is 0 Å². The molecule has 0 aliphatic carbocycles. The summed E-state index contributed by atoms with van der Waals surface area (Å²) in [6.07, 6.45) is 0. The number of aromatic nitrogens is 2. The molecule has 0 atom stereocenters. The summed E-state index contributed by atoms with van der Waals surface area (Å²) >= 11 is 0. The molecule has 1 aliphatic heterocycles. The topological polar surface area (TPSA) is 82.3 Å². The first kappa shape index (κ1) is 15.3. The van der Waals surface area contributed by atoms with Crippen LogP contribution in [0.1, 0.15) is 5.69 Å². The fourth-order valence-electron chi connectivity index (χ4n) is 2.96. The SMILES string of the molecule is Cc1noc2c(N3CC[S+](=O)([O-])CC3)cc(-c3ccccc3)nc12. The molecule has 0 amide bonds. The van der Waals surface area contributed by atoms with E-state index in [4.69, 9.17) is 4.52 Å². The Bertz CT molecular complexity index is 927. The molecule has 124 valence electrons. The predicted molar refractivity (Wildman–Crippen MR) is 92.8 cm³/mol. The molecule has 1 saturated heterocycles. The van der Waals surface area contributed by atoms with Crippen molar-refractivity contribution in [2.75, 3.05) is 29.5 Å². The zero-order valence-electron chi connectivity index (χ0n) is 13.3. The molecule has 0 bridgehead atoms. The van der Waals surface area contributed by atoms with Gasteiger partial charge >= 0.3 is 0 Å². The fraction of sp³-hybridized carbons (Fsp3) is 0.294. The molecular weight excluding hydrogens is 326 g/mol. The van der Waals surface area contributed by atoms with Crippen LogP contribution < -0.4 is 4.90 Å². The Labute approximate surface area is 140 Å². The molecule has 24 heavy (non-hydrogen) atoms. The molecule has 7 heteroatoms. The second kappa shape index (κ2) is 5.68. The molecular formula is C17H17N3O3S. The van der Waals surface area contributed by atoms with Gasteiger partial charge in [-0.2, -0.15) is 0 Å². The smallest absolute Gasteiger partial charge is 0.208 e. The molecule has 0 N–H and O–H groups in total. The molecule has 1 aromatic carbocycles. The molecule has 0 unspecified atom stereocenters. The van der Waals surface area contributed by atoms with Crippen molar-refractivity contribution in [1.82, 2.24) is 10.1 Å². The quantitative estimate of drug-likeness (QED) is 0.665. The number of sulfone groups is 1. The maximum absolute atomic E-state index is 11.7. The third-order valence-electron chi connectivity index (χ3n) is 4.32. The minimum Gasteiger partial charge on any atom is -0.615 e. The minimum absolute atomic E-state index is 0.157. The van der Waals surface area contributed by atoms with E-state index in [2.05, 4.69) is 10.1 Å². The van der Waals surface area contributed by atoms with Crippen LogP contribution in [0, 0.1) is 6.92 Å². The van der Waals surface area contributed by atoms with Gasteiger partial charge in [-0.1, -0.05) is 35.5 Å². The zero-order valence-corrected chi connectivity index (χ0v) is 14.1. The van der Waals surface area contributed by atoms with Crippen LogP contribution in [0.4, 0.5) is 5.69 Å². The van der Waals surface area contributed by atoms with E-state index in [9.17, 15) is 8.76 Å². The van der Waals surface area contributed by atoms with Crippen LogP contribution in [0.2, 0.25) is 0 Å². The summed E-state index contributed by atoms with van der Waals surface area (Å²) in [7, 11) is -2.94. The molecule has 6 nitrogen and oxygen atoms in total. The van der Waals surface area contributed by atoms with E-state index in [1.165, 1.54) is 0 Å². The Kier molecular flexibility index (Phi) is 3.62. The number of pyridine rings is 1. The van der Waals surface area contributed by atoms with Crippen molar-refractivity contribution in [3.63, 3.8) is 0 Å². The Balaban J connectivity index is 1.83. The van der Waals surface area contributed by atoms with Gasteiger partial charge < -0.3 is 14.0 Å². The maximum Gasteiger partial charge on any atom is 0.208 e. The third kappa shape index (κ3) is 2.70. The minimum atomic E-state index is -2.94. The standard InChI is InChI=1S/C17H17N3O3S/c1-12-16-17(23-19-12)15(20-7-9-24(21,22)10-8-20)11-14(18-16)13-5-3-2-4-6-13/h2-6,11H,7-10H2,1H3. The number of anilines is 1. The molecule has 3 heterocycles. The van der Waals surface area contributed by atoms with Gasteiger partial charge in [-0.05, 0) is 13.0 Å². The van der Waals surface area contributed by atoms with Crippen molar-refractivity contribution >= 4 is 27.0 Å². The van der Waals surface area contributed by atoms with Crippen molar-refractivity contribution < 1.29 is 13.3 Å². The van der Waals surface area contributed by atoms with Crippen molar-refractivity contribution in [3.05, 3.63) is 42.1 Å². The average Bonchev–Trinajstić information content (AvgIpc) is 2.96. The van der Waals surface area contributed by atoms with Crippen LogP contribution in [0.3, 0.4) is 0 Å². The number of nitrogens with zero attached hydrogens (tertiary/aromatic N) is 3. The summed E-state index contributed by atoms with van der Waals surface area (Å²) in [6, 6.07) is 11.9. The van der Waals surface area contributed by atoms with Gasteiger partial charge in [0.05, 0.1) is 34.7 Å². The Morgan fingerprint density at radius 3 is 2.62 bits per heavy atom. The highest BCUT2D eigenvalue weighted by Gasteiger charge is 2.28. The van der Waals surface area contributed by atoms with Gasteiger partial charge in [0.25, 0.3) is 0 Å². The number of benzene rings is 1. The average molecular weight is 343 g/mol. The van der Waals surface area contributed by atoms with E-state index in [0.717, 1.165) is 28.2 Å². The normalized spacial score (nSPS) is 17.3. The van der Waals surface area contributed by atoms with Gasteiger partial charge in [0, 0.05) is 5.56 Å². The number of hydrogen-bond donors (Lipinski definition) is 0. The molecule has 4 rings (SSSR count). The number of aryl methyl sites for hydroxylation is 1. The van der Waals surface area contributed by atoms with E-state index >= 15 is 0 Å². The van der Waals surface area contributed by atoms with Crippen LogP contribution >= 0.6 is 0 Å². The van der Waals surface area contributed by atoms with Crippen molar-refractivity contribution in [2.24, 2.45) is 0 Å². The first-order valence-electron chi connectivity index (χ1n) is 7.81. The van der Waals surface area contributed by atoms with Crippen LogP contribution in [-0.2, 0) is 14.4 Å². The van der Waals surface area contributed by atoms with Crippen LogP contribution in [0.25, 0.3) is 22.4 Å². The summed E-state index contributed by atoms with van der Waals surface area (Å²) in [4.78, 5) is 6.73. The highest BCUT2D eigenvalue weighted by molar-refractivity contribution is 7.97. The fourth-order valence-corrected chi connectivity index (χ4v) is 4.16. The van der Waals surface area contributed by atoms with Crippen LogP contribution in [-0.4, -0.2) is 39.3 Å². The largest absolute Gasteiger partial charge is 0.615 e. The number of rotatable bonds is 2.